The van der Waals surface area contributed by atoms with Crippen molar-refractivity contribution in [2.24, 2.45) is 5.41 Å². The SMILES string of the molecule is CCCCC(=O)N1CCC(COC)(C(=O)O)C1. The molecule has 0 bridgehead atoms. The predicted octanol–water partition coefficient (Wildman–Crippen LogP) is 1.13. The van der Waals surface area contributed by atoms with Gasteiger partial charge in [0.2, 0.25) is 5.91 Å². The van der Waals surface area contributed by atoms with Crippen LogP contribution in [0.4, 0.5) is 0 Å². The van der Waals surface area contributed by atoms with Gasteiger partial charge < -0.3 is 14.7 Å². The molecule has 5 heteroatoms. The molecule has 0 spiro atoms. The largest absolute Gasteiger partial charge is 0.481 e. The molecule has 0 aromatic carbocycles. The van der Waals surface area contributed by atoms with Crippen LogP contribution in [0.5, 0.6) is 0 Å². The summed E-state index contributed by atoms with van der Waals surface area (Å²) in [6.07, 6.45) is 2.83. The van der Waals surface area contributed by atoms with Crippen molar-refractivity contribution in [2.45, 2.75) is 32.6 Å². The highest BCUT2D eigenvalue weighted by atomic mass is 16.5. The van der Waals surface area contributed by atoms with Crippen LogP contribution in [0.1, 0.15) is 32.6 Å². The molecule has 98 valence electrons. The highest BCUT2D eigenvalue weighted by Crippen LogP contribution is 2.31. The fourth-order valence-electron chi connectivity index (χ4n) is 2.20. The molecule has 1 heterocycles. The van der Waals surface area contributed by atoms with Crippen LogP contribution in [-0.2, 0) is 14.3 Å². The lowest BCUT2D eigenvalue weighted by atomic mass is 9.88. The van der Waals surface area contributed by atoms with Gasteiger partial charge in [-0.15, -0.1) is 0 Å². The predicted molar refractivity (Wildman–Crippen MR) is 62.7 cm³/mol. The first-order valence-electron chi connectivity index (χ1n) is 6.06. The van der Waals surface area contributed by atoms with Gasteiger partial charge in [0.25, 0.3) is 0 Å². The number of carboxylic acids is 1. The lowest BCUT2D eigenvalue weighted by Gasteiger charge is -2.23. The second kappa shape index (κ2) is 6.00. The van der Waals surface area contributed by atoms with Crippen molar-refractivity contribution in [2.75, 3.05) is 26.8 Å². The first kappa shape index (κ1) is 14.0. The van der Waals surface area contributed by atoms with Crippen LogP contribution in [0, 0.1) is 5.41 Å². The maximum atomic E-state index is 11.8. The minimum Gasteiger partial charge on any atom is -0.481 e. The van der Waals surface area contributed by atoms with Gasteiger partial charge in [-0.3, -0.25) is 9.59 Å². The second-order valence-corrected chi connectivity index (χ2v) is 4.69. The number of rotatable bonds is 6. The maximum Gasteiger partial charge on any atom is 0.313 e. The number of hydrogen-bond donors (Lipinski definition) is 1. The Morgan fingerprint density at radius 2 is 2.18 bits per heavy atom. The van der Waals surface area contributed by atoms with E-state index in [9.17, 15) is 14.7 Å². The molecule has 1 rings (SSSR count). The van der Waals surface area contributed by atoms with Gasteiger partial charge in [0.1, 0.15) is 5.41 Å². The molecule has 1 atom stereocenters. The number of carbonyl (C=O) groups excluding carboxylic acids is 1. The van der Waals surface area contributed by atoms with Crippen molar-refractivity contribution in [3.63, 3.8) is 0 Å². The van der Waals surface area contributed by atoms with E-state index in [0.29, 0.717) is 19.4 Å². The van der Waals surface area contributed by atoms with E-state index in [1.165, 1.54) is 7.11 Å². The molecule has 1 saturated heterocycles. The molecular formula is C12H21NO4. The number of hydrogen-bond acceptors (Lipinski definition) is 3. The van der Waals surface area contributed by atoms with Crippen LogP contribution < -0.4 is 0 Å². The lowest BCUT2D eigenvalue weighted by molar-refractivity contribution is -0.151. The summed E-state index contributed by atoms with van der Waals surface area (Å²) in [6, 6.07) is 0. The van der Waals surface area contributed by atoms with Crippen molar-refractivity contribution in [3.05, 3.63) is 0 Å². The molecule has 1 N–H and O–H groups in total. The Labute approximate surface area is 102 Å². The first-order valence-corrected chi connectivity index (χ1v) is 6.06. The summed E-state index contributed by atoms with van der Waals surface area (Å²) in [5.41, 5.74) is -0.906. The number of unbranched alkanes of at least 4 members (excludes halogenated alkanes) is 1. The van der Waals surface area contributed by atoms with Gasteiger partial charge in [0.05, 0.1) is 6.61 Å². The molecule has 5 nitrogen and oxygen atoms in total. The van der Waals surface area contributed by atoms with E-state index in [4.69, 9.17) is 4.74 Å². The van der Waals surface area contributed by atoms with Crippen molar-refractivity contribution < 1.29 is 19.4 Å². The van der Waals surface area contributed by atoms with Crippen LogP contribution in [0.15, 0.2) is 0 Å². The smallest absolute Gasteiger partial charge is 0.313 e. The average molecular weight is 243 g/mol. The first-order chi connectivity index (χ1) is 8.05. The zero-order valence-corrected chi connectivity index (χ0v) is 10.6. The van der Waals surface area contributed by atoms with Gasteiger partial charge in [-0.2, -0.15) is 0 Å². The summed E-state index contributed by atoms with van der Waals surface area (Å²) in [6.45, 7) is 3.00. The van der Waals surface area contributed by atoms with Gasteiger partial charge in [-0.05, 0) is 12.8 Å². The molecule has 1 aliphatic rings. The summed E-state index contributed by atoms with van der Waals surface area (Å²) in [7, 11) is 1.49. The topological polar surface area (TPSA) is 66.8 Å². The summed E-state index contributed by atoms with van der Waals surface area (Å²) >= 11 is 0. The molecule has 1 unspecified atom stereocenters. The van der Waals surface area contributed by atoms with Gasteiger partial charge in [-0.1, -0.05) is 13.3 Å². The number of nitrogens with zero attached hydrogens (tertiary/aromatic N) is 1. The number of carbonyl (C=O) groups is 2. The molecule has 1 amide bonds. The molecule has 0 radical (unpaired) electrons. The zero-order valence-electron chi connectivity index (χ0n) is 10.6. The van der Waals surface area contributed by atoms with E-state index >= 15 is 0 Å². The standard InChI is InChI=1S/C12H21NO4/c1-3-4-5-10(14)13-7-6-12(8-13,9-17-2)11(15)16/h3-9H2,1-2H3,(H,15,16). The number of likely N-dealkylation sites (tertiary alicyclic amines) is 1. The highest BCUT2D eigenvalue weighted by Gasteiger charge is 2.46. The Balaban J connectivity index is 2.60. The highest BCUT2D eigenvalue weighted by molar-refractivity contribution is 5.80. The maximum absolute atomic E-state index is 11.8. The molecule has 1 aliphatic heterocycles. The number of ether oxygens (including phenoxy) is 1. The van der Waals surface area contributed by atoms with Crippen LogP contribution >= 0.6 is 0 Å². The average Bonchev–Trinajstić information content (AvgIpc) is 2.72. The van der Waals surface area contributed by atoms with Gasteiger partial charge in [-0.25, -0.2) is 0 Å². The molecule has 0 aromatic rings. The van der Waals surface area contributed by atoms with Crippen molar-refractivity contribution >= 4 is 11.9 Å². The third kappa shape index (κ3) is 3.19. The minimum absolute atomic E-state index is 0.0612. The minimum atomic E-state index is -0.906. The van der Waals surface area contributed by atoms with E-state index < -0.39 is 11.4 Å². The third-order valence-electron chi connectivity index (χ3n) is 3.33. The number of aliphatic carboxylic acids is 1. The second-order valence-electron chi connectivity index (χ2n) is 4.69. The molecule has 1 fully saturated rings. The third-order valence-corrected chi connectivity index (χ3v) is 3.33. The van der Waals surface area contributed by atoms with E-state index in [1.54, 1.807) is 4.90 Å². The summed E-state index contributed by atoms with van der Waals surface area (Å²) in [5.74, 6) is -0.809. The monoisotopic (exact) mass is 243 g/mol. The quantitative estimate of drug-likeness (QED) is 0.759. The molecular weight excluding hydrogens is 222 g/mol. The van der Waals surface area contributed by atoms with E-state index in [1.807, 2.05) is 6.92 Å². The van der Waals surface area contributed by atoms with Crippen LogP contribution in [0.25, 0.3) is 0 Å². The van der Waals surface area contributed by atoms with E-state index in [2.05, 4.69) is 0 Å². The van der Waals surface area contributed by atoms with Gasteiger partial charge >= 0.3 is 5.97 Å². The van der Waals surface area contributed by atoms with E-state index in [0.717, 1.165) is 12.8 Å². The number of carboxylic acid groups (broad SMARTS) is 1. The number of amides is 1. The van der Waals surface area contributed by atoms with Crippen LogP contribution in [-0.4, -0.2) is 48.7 Å². The summed E-state index contributed by atoms with van der Waals surface area (Å²) < 4.78 is 4.98. The fraction of sp³-hybridized carbons (Fsp3) is 0.833. The van der Waals surface area contributed by atoms with Crippen molar-refractivity contribution in [3.8, 4) is 0 Å². The summed E-state index contributed by atoms with van der Waals surface area (Å²) in [5, 5.41) is 9.25. The molecule has 0 aliphatic carbocycles. The Hall–Kier alpha value is -1.10. The fourth-order valence-corrected chi connectivity index (χ4v) is 2.20. The van der Waals surface area contributed by atoms with E-state index in [-0.39, 0.29) is 19.1 Å². The van der Waals surface area contributed by atoms with Gasteiger partial charge in [0.15, 0.2) is 0 Å². The Kier molecular flexibility index (Phi) is 4.93. The molecule has 0 aromatic heterocycles. The number of methoxy groups -OCH3 is 1. The summed E-state index contributed by atoms with van der Waals surface area (Å²) in [4.78, 5) is 24.7. The van der Waals surface area contributed by atoms with Crippen LogP contribution in [0.2, 0.25) is 0 Å². The normalized spacial score (nSPS) is 24.0. The van der Waals surface area contributed by atoms with Crippen molar-refractivity contribution in [1.82, 2.24) is 4.90 Å². The molecule has 17 heavy (non-hydrogen) atoms. The van der Waals surface area contributed by atoms with Gasteiger partial charge in [0, 0.05) is 26.6 Å². The Morgan fingerprint density at radius 1 is 1.47 bits per heavy atom. The Bertz CT molecular complexity index is 292. The Morgan fingerprint density at radius 3 is 2.71 bits per heavy atom. The van der Waals surface area contributed by atoms with Crippen molar-refractivity contribution in [1.29, 1.82) is 0 Å². The zero-order chi connectivity index (χ0) is 12.9. The lowest BCUT2D eigenvalue weighted by Crippen LogP contribution is -2.40. The van der Waals surface area contributed by atoms with Crippen LogP contribution in [0.3, 0.4) is 0 Å². The molecule has 0 saturated carbocycles.